The highest BCUT2D eigenvalue weighted by atomic mass is 19.1. The van der Waals surface area contributed by atoms with Crippen molar-refractivity contribution in [1.29, 1.82) is 0 Å². The number of aromatic nitrogens is 1. The standard InChI is InChI=1S/C16H19FN2/c1-11-5-4-6-12(2)15(11)8-16(18-3)13-7-14(17)10-19-9-13/h4-7,9-10,16,18H,8H2,1-3H3. The lowest BCUT2D eigenvalue weighted by Gasteiger charge is -2.19. The minimum atomic E-state index is -0.292. The number of halogens is 1. The molecule has 1 aromatic carbocycles. The maximum absolute atomic E-state index is 13.3. The molecule has 1 heterocycles. The molecule has 0 amide bonds. The van der Waals surface area contributed by atoms with Gasteiger partial charge < -0.3 is 5.32 Å². The highest BCUT2D eigenvalue weighted by Crippen LogP contribution is 2.22. The number of nitrogens with one attached hydrogen (secondary N) is 1. The molecule has 1 N–H and O–H groups in total. The van der Waals surface area contributed by atoms with E-state index in [9.17, 15) is 4.39 Å². The van der Waals surface area contributed by atoms with E-state index in [1.54, 1.807) is 12.3 Å². The number of hydrogen-bond acceptors (Lipinski definition) is 2. The Morgan fingerprint density at radius 3 is 2.47 bits per heavy atom. The summed E-state index contributed by atoms with van der Waals surface area (Å²) in [7, 11) is 1.89. The van der Waals surface area contributed by atoms with Crippen LogP contribution in [0.4, 0.5) is 4.39 Å². The summed E-state index contributed by atoms with van der Waals surface area (Å²) in [6.45, 7) is 4.22. The highest BCUT2D eigenvalue weighted by Gasteiger charge is 2.14. The molecule has 0 saturated carbocycles. The second-order valence-electron chi connectivity index (χ2n) is 4.85. The van der Waals surface area contributed by atoms with Crippen LogP contribution in [0.2, 0.25) is 0 Å². The van der Waals surface area contributed by atoms with Crippen LogP contribution in [0.1, 0.15) is 28.3 Å². The summed E-state index contributed by atoms with van der Waals surface area (Å²) in [4.78, 5) is 3.92. The van der Waals surface area contributed by atoms with Crippen molar-refractivity contribution >= 4 is 0 Å². The SMILES string of the molecule is CNC(Cc1c(C)cccc1C)c1cncc(F)c1. The van der Waals surface area contributed by atoms with E-state index in [0.29, 0.717) is 0 Å². The summed E-state index contributed by atoms with van der Waals surface area (Å²) in [5.74, 6) is -0.292. The number of benzene rings is 1. The molecule has 1 atom stereocenters. The molecule has 2 aromatic rings. The third-order valence-electron chi connectivity index (χ3n) is 3.53. The zero-order valence-electron chi connectivity index (χ0n) is 11.6. The van der Waals surface area contributed by atoms with Crippen molar-refractivity contribution in [3.8, 4) is 0 Å². The van der Waals surface area contributed by atoms with Gasteiger partial charge >= 0.3 is 0 Å². The third kappa shape index (κ3) is 3.18. The van der Waals surface area contributed by atoms with Gasteiger partial charge in [0.05, 0.1) is 6.20 Å². The average molecular weight is 258 g/mol. The van der Waals surface area contributed by atoms with Gasteiger partial charge in [0.25, 0.3) is 0 Å². The van der Waals surface area contributed by atoms with Crippen molar-refractivity contribution in [1.82, 2.24) is 10.3 Å². The first kappa shape index (κ1) is 13.7. The number of hydrogen-bond donors (Lipinski definition) is 1. The lowest BCUT2D eigenvalue weighted by atomic mass is 9.93. The summed E-state index contributed by atoms with van der Waals surface area (Å²) in [6.07, 6.45) is 3.78. The quantitative estimate of drug-likeness (QED) is 0.909. The Morgan fingerprint density at radius 1 is 1.21 bits per heavy atom. The maximum Gasteiger partial charge on any atom is 0.141 e. The first-order valence-corrected chi connectivity index (χ1v) is 6.44. The number of pyridine rings is 1. The van der Waals surface area contributed by atoms with E-state index in [0.717, 1.165) is 12.0 Å². The highest BCUT2D eigenvalue weighted by molar-refractivity contribution is 5.35. The molecular formula is C16H19FN2. The largest absolute Gasteiger partial charge is 0.313 e. The third-order valence-corrected chi connectivity index (χ3v) is 3.53. The Morgan fingerprint density at radius 2 is 1.89 bits per heavy atom. The molecule has 1 unspecified atom stereocenters. The molecule has 0 aliphatic heterocycles. The Balaban J connectivity index is 2.29. The molecule has 0 radical (unpaired) electrons. The van der Waals surface area contributed by atoms with Crippen molar-refractivity contribution in [3.05, 3.63) is 64.7 Å². The molecule has 0 aliphatic rings. The van der Waals surface area contributed by atoms with Gasteiger partial charge in [-0.2, -0.15) is 0 Å². The summed E-state index contributed by atoms with van der Waals surface area (Å²) >= 11 is 0. The summed E-state index contributed by atoms with van der Waals surface area (Å²) in [5.41, 5.74) is 4.73. The van der Waals surface area contributed by atoms with Crippen molar-refractivity contribution in [2.75, 3.05) is 7.05 Å². The number of nitrogens with zero attached hydrogens (tertiary/aromatic N) is 1. The molecule has 2 nitrogen and oxygen atoms in total. The van der Waals surface area contributed by atoms with E-state index in [1.165, 1.54) is 22.9 Å². The van der Waals surface area contributed by atoms with Crippen molar-refractivity contribution in [3.63, 3.8) is 0 Å². The summed E-state index contributed by atoms with van der Waals surface area (Å²) in [6, 6.07) is 7.90. The van der Waals surface area contributed by atoms with Crippen LogP contribution >= 0.6 is 0 Å². The average Bonchev–Trinajstić information content (AvgIpc) is 2.38. The Kier molecular flexibility index (Phi) is 4.27. The van der Waals surface area contributed by atoms with Gasteiger partial charge in [-0.05, 0) is 55.6 Å². The zero-order chi connectivity index (χ0) is 13.8. The van der Waals surface area contributed by atoms with Crippen LogP contribution < -0.4 is 5.32 Å². The van der Waals surface area contributed by atoms with Crippen LogP contribution in [-0.2, 0) is 6.42 Å². The molecule has 0 bridgehead atoms. The van der Waals surface area contributed by atoms with Gasteiger partial charge in [0.2, 0.25) is 0 Å². The summed E-state index contributed by atoms with van der Waals surface area (Å²) in [5, 5.41) is 3.24. The molecular weight excluding hydrogens is 239 g/mol. The fourth-order valence-electron chi connectivity index (χ4n) is 2.38. The van der Waals surface area contributed by atoms with Crippen LogP contribution in [0.3, 0.4) is 0 Å². The van der Waals surface area contributed by atoms with Gasteiger partial charge in [0.15, 0.2) is 0 Å². The van der Waals surface area contributed by atoms with Gasteiger partial charge in [-0.1, -0.05) is 18.2 Å². The van der Waals surface area contributed by atoms with Crippen molar-refractivity contribution in [2.45, 2.75) is 26.3 Å². The number of likely N-dealkylation sites (N-methyl/N-ethyl adjacent to an activating group) is 1. The lowest BCUT2D eigenvalue weighted by Crippen LogP contribution is -2.20. The zero-order valence-corrected chi connectivity index (χ0v) is 11.6. The second kappa shape index (κ2) is 5.93. The molecule has 1 aromatic heterocycles. The van der Waals surface area contributed by atoms with E-state index in [1.807, 2.05) is 7.05 Å². The van der Waals surface area contributed by atoms with Crippen LogP contribution in [-0.4, -0.2) is 12.0 Å². The van der Waals surface area contributed by atoms with Crippen LogP contribution in [0.5, 0.6) is 0 Å². The molecule has 3 heteroatoms. The molecule has 19 heavy (non-hydrogen) atoms. The normalized spacial score (nSPS) is 12.4. The monoisotopic (exact) mass is 258 g/mol. The lowest BCUT2D eigenvalue weighted by molar-refractivity contribution is 0.570. The summed E-state index contributed by atoms with van der Waals surface area (Å²) < 4.78 is 13.3. The molecule has 100 valence electrons. The number of rotatable bonds is 4. The fraction of sp³-hybridized carbons (Fsp3) is 0.312. The maximum atomic E-state index is 13.3. The van der Waals surface area contributed by atoms with Gasteiger partial charge in [0.1, 0.15) is 5.82 Å². The predicted octanol–water partition coefficient (Wildman–Crippen LogP) is 3.34. The van der Waals surface area contributed by atoms with Crippen LogP contribution in [0, 0.1) is 19.7 Å². The Hall–Kier alpha value is -1.74. The van der Waals surface area contributed by atoms with Crippen LogP contribution in [0.15, 0.2) is 36.7 Å². The fourth-order valence-corrected chi connectivity index (χ4v) is 2.38. The Bertz CT molecular complexity index is 546. The van der Waals surface area contributed by atoms with E-state index >= 15 is 0 Å². The minimum Gasteiger partial charge on any atom is -0.313 e. The molecule has 0 fully saturated rings. The topological polar surface area (TPSA) is 24.9 Å². The minimum absolute atomic E-state index is 0.0722. The number of aryl methyl sites for hydroxylation is 2. The molecule has 2 rings (SSSR count). The van der Waals surface area contributed by atoms with Gasteiger partial charge in [0, 0.05) is 12.2 Å². The molecule has 0 spiro atoms. The van der Waals surface area contributed by atoms with E-state index < -0.39 is 0 Å². The predicted molar refractivity (Wildman–Crippen MR) is 75.6 cm³/mol. The first-order valence-electron chi connectivity index (χ1n) is 6.44. The van der Waals surface area contributed by atoms with Gasteiger partial charge in [-0.3, -0.25) is 4.98 Å². The van der Waals surface area contributed by atoms with E-state index in [4.69, 9.17) is 0 Å². The van der Waals surface area contributed by atoms with Gasteiger partial charge in [-0.25, -0.2) is 4.39 Å². The molecule has 0 aliphatic carbocycles. The van der Waals surface area contributed by atoms with Crippen molar-refractivity contribution < 1.29 is 4.39 Å². The van der Waals surface area contributed by atoms with Gasteiger partial charge in [-0.15, -0.1) is 0 Å². The second-order valence-corrected chi connectivity index (χ2v) is 4.85. The molecule has 0 saturated heterocycles. The smallest absolute Gasteiger partial charge is 0.141 e. The first-order chi connectivity index (χ1) is 9.11. The van der Waals surface area contributed by atoms with Crippen LogP contribution in [0.25, 0.3) is 0 Å². The van der Waals surface area contributed by atoms with Crippen molar-refractivity contribution in [2.24, 2.45) is 0 Å². The Labute approximate surface area is 113 Å². The van der Waals surface area contributed by atoms with E-state index in [2.05, 4.69) is 42.3 Å². The van der Waals surface area contributed by atoms with E-state index in [-0.39, 0.29) is 11.9 Å².